The Morgan fingerprint density at radius 2 is 2.13 bits per heavy atom. The van der Waals surface area contributed by atoms with Gasteiger partial charge in [0.1, 0.15) is 0 Å². The van der Waals surface area contributed by atoms with E-state index in [-0.39, 0.29) is 24.1 Å². The van der Waals surface area contributed by atoms with Crippen LogP contribution >= 0.6 is 0 Å². The van der Waals surface area contributed by atoms with Crippen LogP contribution in [0.25, 0.3) is 16.6 Å². The molecule has 0 aliphatic carbocycles. The molecule has 0 bridgehead atoms. The number of aromatic amines is 1. The zero-order valence-electron chi connectivity index (χ0n) is 18.3. The number of aryl methyl sites for hydroxylation is 2. The van der Waals surface area contributed by atoms with Crippen LogP contribution in [-0.2, 0) is 11.3 Å². The monoisotopic (exact) mass is 421 g/mol. The third-order valence-electron chi connectivity index (χ3n) is 5.51. The summed E-state index contributed by atoms with van der Waals surface area (Å²) in [5.74, 6) is -0.260. The summed E-state index contributed by atoms with van der Waals surface area (Å²) in [5, 5.41) is 8.06. The van der Waals surface area contributed by atoms with Crippen molar-refractivity contribution in [1.82, 2.24) is 25.1 Å². The lowest BCUT2D eigenvalue weighted by atomic mass is 10.0. The summed E-state index contributed by atoms with van der Waals surface area (Å²) in [6.45, 7) is 9.08. The molecule has 0 saturated carbocycles. The molecule has 0 fully saturated rings. The van der Waals surface area contributed by atoms with Gasteiger partial charge in [0, 0.05) is 23.8 Å². The van der Waals surface area contributed by atoms with Crippen molar-refractivity contribution < 1.29 is 9.53 Å². The van der Waals surface area contributed by atoms with E-state index in [9.17, 15) is 9.59 Å². The molecule has 3 aromatic heterocycles. The Balaban J connectivity index is 1.72. The normalized spacial score (nSPS) is 14.2. The first-order chi connectivity index (χ1) is 14.8. The van der Waals surface area contributed by atoms with Crippen molar-refractivity contribution in [3.05, 3.63) is 62.8 Å². The summed E-state index contributed by atoms with van der Waals surface area (Å²) < 4.78 is 7.24. The maximum atomic E-state index is 13.2. The van der Waals surface area contributed by atoms with Gasteiger partial charge in [-0.05, 0) is 57.4 Å². The highest BCUT2D eigenvalue weighted by atomic mass is 16.5. The quantitative estimate of drug-likeness (QED) is 0.659. The van der Waals surface area contributed by atoms with Crippen LogP contribution in [0.5, 0.6) is 0 Å². The number of aromatic nitrogens is 4. The standard InChI is InChI=1S/C23H27N5O3/c1-13(2)28-21-19(12-25-28)17(10-20(27-21)16-5-7-31-8-6-16)22(29)24-11-18-14(3)9-15(4)26-23(18)30/h5,9-10,12-13H,6-8,11H2,1-4H3,(H,24,29)(H,26,30). The summed E-state index contributed by atoms with van der Waals surface area (Å²) in [4.78, 5) is 33.1. The van der Waals surface area contributed by atoms with Crippen molar-refractivity contribution >= 4 is 22.5 Å². The van der Waals surface area contributed by atoms with Gasteiger partial charge in [-0.2, -0.15) is 5.10 Å². The third kappa shape index (κ3) is 4.16. The van der Waals surface area contributed by atoms with Gasteiger partial charge in [-0.1, -0.05) is 6.08 Å². The molecule has 4 heterocycles. The Bertz CT molecular complexity index is 1240. The molecule has 31 heavy (non-hydrogen) atoms. The molecule has 3 aromatic rings. The first-order valence-corrected chi connectivity index (χ1v) is 10.5. The van der Waals surface area contributed by atoms with E-state index in [2.05, 4.69) is 15.4 Å². The van der Waals surface area contributed by atoms with Crippen molar-refractivity contribution in [3.63, 3.8) is 0 Å². The molecule has 0 aromatic carbocycles. The minimum Gasteiger partial charge on any atom is -0.377 e. The Morgan fingerprint density at radius 3 is 2.81 bits per heavy atom. The average Bonchev–Trinajstić information content (AvgIpc) is 3.17. The van der Waals surface area contributed by atoms with Crippen molar-refractivity contribution in [1.29, 1.82) is 0 Å². The predicted molar refractivity (Wildman–Crippen MR) is 119 cm³/mol. The van der Waals surface area contributed by atoms with E-state index in [4.69, 9.17) is 9.72 Å². The zero-order valence-corrected chi connectivity index (χ0v) is 18.3. The molecule has 0 unspecified atom stereocenters. The topological polar surface area (TPSA) is 102 Å². The molecule has 0 radical (unpaired) electrons. The van der Waals surface area contributed by atoms with Gasteiger partial charge in [-0.15, -0.1) is 0 Å². The molecule has 0 spiro atoms. The van der Waals surface area contributed by atoms with Crippen molar-refractivity contribution in [2.24, 2.45) is 0 Å². The Labute approximate surface area is 180 Å². The van der Waals surface area contributed by atoms with Gasteiger partial charge in [0.25, 0.3) is 11.5 Å². The van der Waals surface area contributed by atoms with Crippen LogP contribution in [0.15, 0.2) is 29.2 Å². The molecule has 8 heteroatoms. The number of carbonyl (C=O) groups is 1. The van der Waals surface area contributed by atoms with Crippen LogP contribution in [0.1, 0.15) is 59.2 Å². The van der Waals surface area contributed by atoms with E-state index in [1.54, 1.807) is 6.20 Å². The van der Waals surface area contributed by atoms with E-state index in [0.29, 0.717) is 35.4 Å². The van der Waals surface area contributed by atoms with E-state index in [0.717, 1.165) is 28.9 Å². The summed E-state index contributed by atoms with van der Waals surface area (Å²) >= 11 is 0. The molecular formula is C23H27N5O3. The minimum atomic E-state index is -0.260. The van der Waals surface area contributed by atoms with Gasteiger partial charge in [0.15, 0.2) is 5.65 Å². The fraction of sp³-hybridized carbons (Fsp3) is 0.391. The highest BCUT2D eigenvalue weighted by molar-refractivity contribution is 6.06. The van der Waals surface area contributed by atoms with Gasteiger partial charge < -0.3 is 15.0 Å². The lowest BCUT2D eigenvalue weighted by Crippen LogP contribution is -2.28. The second kappa shape index (κ2) is 8.47. The molecule has 1 aliphatic rings. The van der Waals surface area contributed by atoms with Crippen molar-refractivity contribution in [3.8, 4) is 0 Å². The maximum absolute atomic E-state index is 13.2. The van der Waals surface area contributed by atoms with Crippen molar-refractivity contribution in [2.75, 3.05) is 13.2 Å². The number of nitrogens with one attached hydrogen (secondary N) is 2. The van der Waals surface area contributed by atoms with E-state index >= 15 is 0 Å². The SMILES string of the molecule is Cc1cc(C)c(CNC(=O)c2cc(C3=CCOCC3)nc3c2cnn3C(C)C)c(=O)[nH]1. The van der Waals surface area contributed by atoms with E-state index in [1.165, 1.54) is 0 Å². The lowest BCUT2D eigenvalue weighted by molar-refractivity contribution is 0.0952. The van der Waals surface area contributed by atoms with E-state index < -0.39 is 0 Å². The largest absolute Gasteiger partial charge is 0.377 e. The smallest absolute Gasteiger partial charge is 0.253 e. The average molecular weight is 422 g/mol. The number of fused-ring (bicyclic) bond motifs is 1. The van der Waals surface area contributed by atoms with Crippen LogP contribution in [0.4, 0.5) is 0 Å². The third-order valence-corrected chi connectivity index (χ3v) is 5.51. The molecular weight excluding hydrogens is 394 g/mol. The predicted octanol–water partition coefficient (Wildman–Crippen LogP) is 3.05. The number of carbonyl (C=O) groups excluding carboxylic acids is 1. The lowest BCUT2D eigenvalue weighted by Gasteiger charge is -2.15. The highest BCUT2D eigenvalue weighted by Gasteiger charge is 2.20. The Hall–Kier alpha value is -3.26. The molecule has 1 amide bonds. The molecule has 162 valence electrons. The number of H-pyrrole nitrogens is 1. The second-order valence-electron chi connectivity index (χ2n) is 8.16. The number of hydrogen-bond donors (Lipinski definition) is 2. The van der Waals surface area contributed by atoms with Crippen LogP contribution in [0.2, 0.25) is 0 Å². The molecule has 2 N–H and O–H groups in total. The zero-order chi connectivity index (χ0) is 22.1. The van der Waals surface area contributed by atoms with Gasteiger partial charge in [0.05, 0.1) is 36.1 Å². The number of amides is 1. The Kier molecular flexibility index (Phi) is 5.73. The maximum Gasteiger partial charge on any atom is 0.253 e. The first kappa shape index (κ1) is 21.0. The fourth-order valence-corrected chi connectivity index (χ4v) is 3.87. The molecule has 0 atom stereocenters. The number of hydrogen-bond acceptors (Lipinski definition) is 5. The summed E-state index contributed by atoms with van der Waals surface area (Å²) in [7, 11) is 0. The van der Waals surface area contributed by atoms with Gasteiger partial charge >= 0.3 is 0 Å². The van der Waals surface area contributed by atoms with E-state index in [1.807, 2.05) is 50.6 Å². The van der Waals surface area contributed by atoms with Crippen molar-refractivity contribution in [2.45, 2.75) is 46.7 Å². The molecule has 1 aliphatic heterocycles. The molecule has 4 rings (SSSR count). The number of rotatable bonds is 5. The molecule has 0 saturated heterocycles. The second-order valence-corrected chi connectivity index (χ2v) is 8.16. The Morgan fingerprint density at radius 1 is 1.32 bits per heavy atom. The summed E-state index contributed by atoms with van der Waals surface area (Å²) in [6.07, 6.45) is 4.43. The van der Waals surface area contributed by atoms with Gasteiger partial charge in [-0.25, -0.2) is 9.67 Å². The first-order valence-electron chi connectivity index (χ1n) is 10.5. The van der Waals surface area contributed by atoms with Crippen LogP contribution in [0.3, 0.4) is 0 Å². The summed E-state index contributed by atoms with van der Waals surface area (Å²) in [6, 6.07) is 3.82. The number of nitrogens with zero attached hydrogens (tertiary/aromatic N) is 3. The number of ether oxygens (including phenoxy) is 1. The van der Waals surface area contributed by atoms with Gasteiger partial charge in [0.2, 0.25) is 0 Å². The molecule has 8 nitrogen and oxygen atoms in total. The minimum absolute atomic E-state index is 0.105. The fourth-order valence-electron chi connectivity index (χ4n) is 3.87. The van der Waals surface area contributed by atoms with Crippen LogP contribution in [0, 0.1) is 13.8 Å². The summed E-state index contributed by atoms with van der Waals surface area (Å²) in [5.41, 5.74) is 5.01. The van der Waals surface area contributed by atoms with Crippen LogP contribution in [-0.4, -0.2) is 38.9 Å². The number of pyridine rings is 2. The highest BCUT2D eigenvalue weighted by Crippen LogP contribution is 2.27. The van der Waals surface area contributed by atoms with Gasteiger partial charge in [-0.3, -0.25) is 9.59 Å². The van der Waals surface area contributed by atoms with Crippen LogP contribution < -0.4 is 10.9 Å².